The van der Waals surface area contributed by atoms with Crippen molar-refractivity contribution in [1.82, 2.24) is 20.2 Å². The molecule has 1 fully saturated rings. The summed E-state index contributed by atoms with van der Waals surface area (Å²) < 4.78 is 13.5. The highest BCUT2D eigenvalue weighted by Crippen LogP contribution is 2.18. The maximum atomic E-state index is 13.5. The van der Waals surface area contributed by atoms with Gasteiger partial charge >= 0.3 is 5.97 Å². The minimum Gasteiger partial charge on any atom is -0.387 e. The van der Waals surface area contributed by atoms with Crippen molar-refractivity contribution in [3.8, 4) is 0 Å². The Morgan fingerprint density at radius 1 is 1.06 bits per heavy atom. The van der Waals surface area contributed by atoms with Gasteiger partial charge in [-0.25, -0.2) is 4.39 Å². The molecule has 1 heterocycles. The average molecular weight is 491 g/mol. The van der Waals surface area contributed by atoms with Gasteiger partial charge in [0.05, 0.1) is 5.70 Å². The molecular weight excluding hydrogens is 443 g/mol. The summed E-state index contributed by atoms with van der Waals surface area (Å²) in [6.07, 6.45) is 2.71. The van der Waals surface area contributed by atoms with E-state index in [1.165, 1.54) is 25.0 Å². The molecule has 0 bridgehead atoms. The van der Waals surface area contributed by atoms with Crippen LogP contribution in [0, 0.1) is 0 Å². The smallest absolute Gasteiger partial charge is 0.322 e. The number of nitrogens with one attached hydrogen (secondary N) is 1. The largest absolute Gasteiger partial charge is 0.387 e. The van der Waals surface area contributed by atoms with Crippen LogP contribution in [0.4, 0.5) is 4.39 Å². The summed E-state index contributed by atoms with van der Waals surface area (Å²) in [5.74, 6) is -0.973. The van der Waals surface area contributed by atoms with Crippen LogP contribution in [0.25, 0.3) is 0 Å². The number of rotatable bonds is 9. The molecule has 0 unspecified atom stereocenters. The third-order valence-electron chi connectivity index (χ3n) is 4.13. The fourth-order valence-corrected chi connectivity index (χ4v) is 2.68. The van der Waals surface area contributed by atoms with Crippen molar-refractivity contribution in [1.29, 1.82) is 0 Å². The summed E-state index contributed by atoms with van der Waals surface area (Å²) in [5, 5.41) is 12.7. The molecule has 1 aliphatic heterocycles. The van der Waals surface area contributed by atoms with Gasteiger partial charge in [-0.05, 0) is 18.9 Å². The van der Waals surface area contributed by atoms with E-state index in [0.29, 0.717) is 44.8 Å². The van der Waals surface area contributed by atoms with Crippen LogP contribution in [-0.4, -0.2) is 83.8 Å². The minimum atomic E-state index is -0.465. The second-order valence-electron chi connectivity index (χ2n) is 6.55. The quantitative estimate of drug-likeness (QED) is 0.291. The summed E-state index contributed by atoms with van der Waals surface area (Å²) in [6.45, 7) is 20.6. The maximum Gasteiger partial charge on any atom is 0.322 e. The van der Waals surface area contributed by atoms with Crippen molar-refractivity contribution >= 4 is 17.8 Å². The Labute approximate surface area is 205 Å². The summed E-state index contributed by atoms with van der Waals surface area (Å²) in [6, 6.07) is 0. The predicted molar refractivity (Wildman–Crippen MR) is 134 cm³/mol. The van der Waals surface area contributed by atoms with Crippen LogP contribution in [0.15, 0.2) is 24.2 Å². The van der Waals surface area contributed by atoms with Gasteiger partial charge in [0.25, 0.3) is 0 Å². The lowest BCUT2D eigenvalue weighted by molar-refractivity contribution is -0.190. The Hall–Kier alpha value is -2.46. The van der Waals surface area contributed by atoms with E-state index in [0.717, 1.165) is 6.42 Å². The van der Waals surface area contributed by atoms with Crippen LogP contribution < -0.4 is 5.32 Å². The molecule has 0 saturated carbocycles. The van der Waals surface area contributed by atoms with Crippen LogP contribution in [0.3, 0.4) is 0 Å². The highest BCUT2D eigenvalue weighted by molar-refractivity contribution is 5.77. The molecule has 0 aromatic carbocycles. The number of nitrogens with zero attached hydrogens (tertiary/aromatic N) is 3. The number of hydroxylamine groups is 2. The molecule has 200 valence electrons. The number of hydrogen-bond acceptors (Lipinski definition) is 7. The van der Waals surface area contributed by atoms with Crippen molar-refractivity contribution in [2.24, 2.45) is 0 Å². The van der Waals surface area contributed by atoms with E-state index in [2.05, 4.69) is 11.9 Å². The Balaban J connectivity index is -0.000000507. The first-order valence-corrected chi connectivity index (χ1v) is 12.0. The summed E-state index contributed by atoms with van der Waals surface area (Å²) >= 11 is 0. The number of amides is 2. The topological polar surface area (TPSA) is 102 Å². The molecule has 0 aromatic rings. The molecule has 34 heavy (non-hydrogen) atoms. The number of aliphatic hydroxyl groups excluding tert-OH is 1. The molecule has 1 rings (SSSR count). The maximum absolute atomic E-state index is 13.5. The summed E-state index contributed by atoms with van der Waals surface area (Å²) in [7, 11) is 0. The van der Waals surface area contributed by atoms with Gasteiger partial charge in [0.2, 0.25) is 11.8 Å². The number of carbonyl (C=O) groups is 3. The molecule has 10 heteroatoms. The van der Waals surface area contributed by atoms with E-state index < -0.39 is 6.61 Å². The fourth-order valence-electron chi connectivity index (χ4n) is 2.68. The zero-order chi connectivity index (χ0) is 27.1. The van der Waals surface area contributed by atoms with Gasteiger partial charge in [-0.15, -0.1) is 5.06 Å². The van der Waals surface area contributed by atoms with E-state index in [4.69, 9.17) is 9.94 Å². The highest BCUT2D eigenvalue weighted by atomic mass is 19.1. The molecule has 0 radical (unpaired) electrons. The summed E-state index contributed by atoms with van der Waals surface area (Å²) in [4.78, 5) is 40.7. The van der Waals surface area contributed by atoms with E-state index in [1.807, 2.05) is 39.5 Å². The number of allylic oxidation sites excluding steroid dienone is 2. The number of hydrogen-bond donors (Lipinski definition) is 2. The Kier molecular flexibility index (Phi) is 25.2. The van der Waals surface area contributed by atoms with Gasteiger partial charge < -0.3 is 25.1 Å². The third-order valence-corrected chi connectivity index (χ3v) is 4.13. The highest BCUT2D eigenvalue weighted by Gasteiger charge is 2.22. The minimum absolute atomic E-state index is 0.145. The monoisotopic (exact) mass is 490 g/mol. The van der Waals surface area contributed by atoms with Gasteiger partial charge in [-0.1, -0.05) is 48.1 Å². The van der Waals surface area contributed by atoms with Crippen molar-refractivity contribution in [3.63, 3.8) is 0 Å². The lowest BCUT2D eigenvalue weighted by Crippen LogP contribution is -2.49. The first kappa shape index (κ1) is 36.1. The third kappa shape index (κ3) is 17.1. The first-order chi connectivity index (χ1) is 16.2. The van der Waals surface area contributed by atoms with Gasteiger partial charge in [-0.3, -0.25) is 14.4 Å². The van der Waals surface area contributed by atoms with Crippen LogP contribution in [-0.2, 0) is 19.2 Å². The molecule has 0 atom stereocenters. The molecule has 2 N–H and O–H groups in total. The average Bonchev–Trinajstić information content (AvgIpc) is 2.85. The van der Waals surface area contributed by atoms with E-state index in [9.17, 15) is 18.8 Å². The van der Waals surface area contributed by atoms with Crippen molar-refractivity contribution in [3.05, 3.63) is 24.2 Å². The Bertz CT molecular complexity index is 606. The van der Waals surface area contributed by atoms with Crippen molar-refractivity contribution in [2.45, 2.75) is 68.2 Å². The Morgan fingerprint density at radius 2 is 1.56 bits per heavy atom. The zero-order valence-electron chi connectivity index (χ0n) is 22.4. The molecule has 9 nitrogen and oxygen atoms in total. The van der Waals surface area contributed by atoms with Crippen LogP contribution in [0.2, 0.25) is 0 Å². The normalized spacial score (nSPS) is 13.0. The van der Waals surface area contributed by atoms with Gasteiger partial charge in [0, 0.05) is 46.6 Å². The summed E-state index contributed by atoms with van der Waals surface area (Å²) in [5.41, 5.74) is 0.517. The standard InChI is InChI=1S/C12H19FN2O2.C8H16N2O3.2C2H6/c1-3-10(13)11(4-2)14-5-7-15(8-6-14)12(17)9-16;1-4-5-10(13-8(3)12)6-9-7(2)11;2*1-2/h4,16H,2-3,5-9H2,1H3;4-6H2,1-3H3,(H,9,11);2*1-2H3/b11-10-;;;. The fraction of sp³-hybridized carbons (Fsp3) is 0.708. The number of piperazine rings is 1. The predicted octanol–water partition coefficient (Wildman–Crippen LogP) is 3.22. The molecule has 1 aliphatic rings. The van der Waals surface area contributed by atoms with Gasteiger partial charge in [0.1, 0.15) is 19.1 Å². The Morgan fingerprint density at radius 3 is 1.91 bits per heavy atom. The van der Waals surface area contributed by atoms with Crippen molar-refractivity contribution < 1.29 is 28.7 Å². The van der Waals surface area contributed by atoms with Gasteiger partial charge in [-0.2, -0.15) is 0 Å². The SMILES string of the molecule is C=C/C(=C(/F)CC)N1CCN(C(=O)CO)CC1.CC.CC.CCCN(CNC(C)=O)OC(C)=O. The van der Waals surface area contributed by atoms with Crippen LogP contribution >= 0.6 is 0 Å². The van der Waals surface area contributed by atoms with E-state index in [1.54, 1.807) is 11.8 Å². The lowest BCUT2D eigenvalue weighted by Gasteiger charge is -2.36. The van der Waals surface area contributed by atoms with Crippen LogP contribution in [0.1, 0.15) is 68.2 Å². The van der Waals surface area contributed by atoms with Crippen molar-refractivity contribution in [2.75, 3.05) is 46.0 Å². The molecule has 1 saturated heterocycles. The molecule has 0 aromatic heterocycles. The lowest BCUT2D eigenvalue weighted by atomic mass is 10.2. The molecule has 2 amide bonds. The number of halogens is 1. The second kappa shape index (κ2) is 23.7. The van der Waals surface area contributed by atoms with E-state index in [-0.39, 0.29) is 30.3 Å². The van der Waals surface area contributed by atoms with Crippen LogP contribution in [0.5, 0.6) is 0 Å². The number of carbonyl (C=O) groups excluding carboxylic acids is 3. The second-order valence-corrected chi connectivity index (χ2v) is 6.55. The van der Waals surface area contributed by atoms with Gasteiger partial charge in [0.15, 0.2) is 0 Å². The number of aliphatic hydroxyl groups is 1. The molecule has 0 aliphatic carbocycles. The zero-order valence-corrected chi connectivity index (χ0v) is 22.4. The molecular formula is C24H47FN4O5. The molecule has 0 spiro atoms. The first-order valence-electron chi connectivity index (χ1n) is 12.0. The van der Waals surface area contributed by atoms with E-state index >= 15 is 0 Å².